The third-order valence-corrected chi connectivity index (χ3v) is 3.23. The molecule has 0 fully saturated rings. The van der Waals surface area contributed by atoms with Gasteiger partial charge in [0.25, 0.3) is 5.95 Å². The highest BCUT2D eigenvalue weighted by molar-refractivity contribution is 6.36. The molecule has 2 aromatic heterocycles. The molecule has 5 nitrogen and oxygen atoms in total. The Morgan fingerprint density at radius 3 is 2.55 bits per heavy atom. The van der Waals surface area contributed by atoms with Crippen LogP contribution in [0.3, 0.4) is 0 Å². The van der Waals surface area contributed by atoms with Gasteiger partial charge in [-0.2, -0.15) is 5.10 Å². The first kappa shape index (κ1) is 12.9. The average molecular weight is 306 g/mol. The topological polar surface area (TPSA) is 69.6 Å². The number of hydrogen-bond donors (Lipinski definition) is 1. The molecule has 7 heteroatoms. The quantitative estimate of drug-likeness (QED) is 0.789. The Kier molecular flexibility index (Phi) is 3.30. The summed E-state index contributed by atoms with van der Waals surface area (Å²) in [4.78, 5) is 8.23. The van der Waals surface area contributed by atoms with Gasteiger partial charge in [-0.15, -0.1) is 0 Å². The van der Waals surface area contributed by atoms with Crippen LogP contribution in [0.5, 0.6) is 0 Å². The Morgan fingerprint density at radius 1 is 1.10 bits per heavy atom. The van der Waals surface area contributed by atoms with Gasteiger partial charge in [0.15, 0.2) is 0 Å². The van der Waals surface area contributed by atoms with Crippen molar-refractivity contribution >= 4 is 28.9 Å². The Labute approximate surface area is 125 Å². The van der Waals surface area contributed by atoms with Crippen LogP contribution in [-0.4, -0.2) is 19.7 Å². The minimum absolute atomic E-state index is 0.440. The molecule has 0 unspecified atom stereocenters. The van der Waals surface area contributed by atoms with Crippen molar-refractivity contribution in [3.05, 3.63) is 52.9 Å². The van der Waals surface area contributed by atoms with Crippen LogP contribution in [-0.2, 0) is 0 Å². The Balaban J connectivity index is 2.10. The largest absolute Gasteiger partial charge is 0.396 e. The highest BCUT2D eigenvalue weighted by Gasteiger charge is 2.13. The van der Waals surface area contributed by atoms with Gasteiger partial charge in [0, 0.05) is 23.0 Å². The minimum atomic E-state index is 0.440. The Hall–Kier alpha value is -2.11. The third kappa shape index (κ3) is 2.33. The van der Waals surface area contributed by atoms with E-state index in [2.05, 4.69) is 15.1 Å². The van der Waals surface area contributed by atoms with Crippen molar-refractivity contribution in [3.8, 4) is 17.2 Å². The number of hydrogen-bond acceptors (Lipinski definition) is 4. The molecule has 20 heavy (non-hydrogen) atoms. The van der Waals surface area contributed by atoms with E-state index in [0.29, 0.717) is 32.9 Å². The number of nitrogens with zero attached hydrogens (tertiary/aromatic N) is 4. The Morgan fingerprint density at radius 2 is 1.85 bits per heavy atom. The lowest BCUT2D eigenvalue weighted by Gasteiger charge is -2.02. The lowest BCUT2D eigenvalue weighted by molar-refractivity contribution is 0.811. The van der Waals surface area contributed by atoms with Crippen LogP contribution in [0.15, 0.2) is 42.9 Å². The maximum absolute atomic E-state index is 6.17. The van der Waals surface area contributed by atoms with E-state index in [1.54, 1.807) is 42.9 Å². The molecule has 0 amide bonds. The van der Waals surface area contributed by atoms with Gasteiger partial charge in [0.1, 0.15) is 5.69 Å². The smallest absolute Gasteiger partial charge is 0.250 e. The number of rotatable bonds is 2. The van der Waals surface area contributed by atoms with Crippen molar-refractivity contribution in [2.75, 3.05) is 5.73 Å². The van der Waals surface area contributed by atoms with Crippen molar-refractivity contribution in [1.29, 1.82) is 0 Å². The molecule has 0 saturated carbocycles. The minimum Gasteiger partial charge on any atom is -0.396 e. The van der Waals surface area contributed by atoms with Gasteiger partial charge < -0.3 is 5.73 Å². The molecule has 0 spiro atoms. The standard InChI is InChI=1S/C13H9Cl2N5/c14-8-2-3-9(10(15)6-8)12-11(16)7-20(19-12)13-17-4-1-5-18-13/h1-7H,16H2. The summed E-state index contributed by atoms with van der Waals surface area (Å²) in [7, 11) is 0. The predicted octanol–water partition coefficient (Wildman–Crippen LogP) is 3.22. The molecule has 0 bridgehead atoms. The molecule has 100 valence electrons. The van der Waals surface area contributed by atoms with Gasteiger partial charge in [0.05, 0.1) is 16.9 Å². The summed E-state index contributed by atoms with van der Waals surface area (Å²) < 4.78 is 1.51. The summed E-state index contributed by atoms with van der Waals surface area (Å²) in [5.41, 5.74) is 7.75. The lowest BCUT2D eigenvalue weighted by atomic mass is 10.1. The molecule has 0 aliphatic heterocycles. The first-order valence-corrected chi connectivity index (χ1v) is 6.48. The fourth-order valence-electron chi connectivity index (χ4n) is 1.79. The van der Waals surface area contributed by atoms with Gasteiger partial charge in [0.2, 0.25) is 0 Å². The molecule has 2 heterocycles. The third-order valence-electron chi connectivity index (χ3n) is 2.69. The van der Waals surface area contributed by atoms with E-state index >= 15 is 0 Å². The van der Waals surface area contributed by atoms with Crippen LogP contribution in [0.25, 0.3) is 17.2 Å². The number of nitrogen functional groups attached to an aromatic ring is 1. The second-order valence-corrected chi connectivity index (χ2v) is 4.89. The van der Waals surface area contributed by atoms with Gasteiger partial charge >= 0.3 is 0 Å². The first-order valence-electron chi connectivity index (χ1n) is 5.73. The van der Waals surface area contributed by atoms with Gasteiger partial charge in [-0.3, -0.25) is 0 Å². The number of halogens is 2. The second-order valence-electron chi connectivity index (χ2n) is 4.05. The molecule has 2 N–H and O–H groups in total. The van der Waals surface area contributed by atoms with Crippen LogP contribution in [0, 0.1) is 0 Å². The maximum Gasteiger partial charge on any atom is 0.250 e. The molecule has 0 aliphatic carbocycles. The van der Waals surface area contributed by atoms with Crippen LogP contribution < -0.4 is 5.73 Å². The highest BCUT2D eigenvalue weighted by atomic mass is 35.5. The van der Waals surface area contributed by atoms with E-state index in [-0.39, 0.29) is 0 Å². The van der Waals surface area contributed by atoms with Crippen molar-refractivity contribution in [2.45, 2.75) is 0 Å². The molecule has 3 aromatic rings. The normalized spacial score (nSPS) is 10.7. The fraction of sp³-hybridized carbons (Fsp3) is 0. The zero-order valence-corrected chi connectivity index (χ0v) is 11.7. The van der Waals surface area contributed by atoms with Crippen molar-refractivity contribution in [1.82, 2.24) is 19.7 Å². The average Bonchev–Trinajstić information content (AvgIpc) is 2.82. The molecule has 0 radical (unpaired) electrons. The van der Waals surface area contributed by atoms with E-state index in [0.717, 1.165) is 0 Å². The number of benzene rings is 1. The predicted molar refractivity (Wildman–Crippen MR) is 79.0 cm³/mol. The zero-order chi connectivity index (χ0) is 14.1. The molecular formula is C13H9Cl2N5. The van der Waals surface area contributed by atoms with Gasteiger partial charge in [-0.1, -0.05) is 23.2 Å². The molecule has 0 atom stereocenters. The van der Waals surface area contributed by atoms with E-state index in [1.165, 1.54) is 4.68 Å². The maximum atomic E-state index is 6.17. The van der Waals surface area contributed by atoms with E-state index in [4.69, 9.17) is 28.9 Å². The molecular weight excluding hydrogens is 297 g/mol. The summed E-state index contributed by atoms with van der Waals surface area (Å²) in [6, 6.07) is 6.89. The van der Waals surface area contributed by atoms with E-state index in [1.807, 2.05) is 0 Å². The first-order chi connectivity index (χ1) is 9.65. The van der Waals surface area contributed by atoms with Gasteiger partial charge in [-0.05, 0) is 24.3 Å². The number of aromatic nitrogens is 4. The van der Waals surface area contributed by atoms with E-state index < -0.39 is 0 Å². The van der Waals surface area contributed by atoms with Crippen molar-refractivity contribution in [3.63, 3.8) is 0 Å². The van der Waals surface area contributed by atoms with E-state index in [9.17, 15) is 0 Å². The summed E-state index contributed by atoms with van der Waals surface area (Å²) in [6.07, 6.45) is 4.92. The van der Waals surface area contributed by atoms with Crippen LogP contribution in [0.4, 0.5) is 5.69 Å². The lowest BCUT2D eigenvalue weighted by Crippen LogP contribution is -2.00. The summed E-state index contributed by atoms with van der Waals surface area (Å²) in [5, 5.41) is 5.43. The summed E-state index contributed by atoms with van der Waals surface area (Å²) in [5.74, 6) is 0.440. The van der Waals surface area contributed by atoms with Crippen LogP contribution >= 0.6 is 23.2 Å². The number of anilines is 1. The highest BCUT2D eigenvalue weighted by Crippen LogP contribution is 2.32. The summed E-state index contributed by atoms with van der Waals surface area (Å²) in [6.45, 7) is 0. The Bertz CT molecular complexity index is 755. The second kappa shape index (κ2) is 5.11. The SMILES string of the molecule is Nc1cn(-c2ncccn2)nc1-c1ccc(Cl)cc1Cl. The molecule has 0 saturated heterocycles. The number of nitrogens with two attached hydrogens (primary N) is 1. The zero-order valence-electron chi connectivity index (χ0n) is 10.2. The molecule has 1 aromatic carbocycles. The van der Waals surface area contributed by atoms with Crippen molar-refractivity contribution in [2.24, 2.45) is 0 Å². The molecule has 0 aliphatic rings. The molecule has 3 rings (SSSR count). The van der Waals surface area contributed by atoms with Crippen LogP contribution in [0.1, 0.15) is 0 Å². The fourth-order valence-corrected chi connectivity index (χ4v) is 2.29. The monoisotopic (exact) mass is 305 g/mol. The van der Waals surface area contributed by atoms with Crippen molar-refractivity contribution < 1.29 is 0 Å². The van der Waals surface area contributed by atoms with Crippen LogP contribution in [0.2, 0.25) is 10.0 Å². The van der Waals surface area contributed by atoms with Gasteiger partial charge in [-0.25, -0.2) is 14.6 Å². The summed E-state index contributed by atoms with van der Waals surface area (Å²) >= 11 is 12.1.